The van der Waals surface area contributed by atoms with Crippen LogP contribution in [0.3, 0.4) is 0 Å². The maximum atomic E-state index is 12.2. The number of nitrogens with zero attached hydrogens (tertiary/aromatic N) is 2. The van der Waals surface area contributed by atoms with Gasteiger partial charge >= 0.3 is 0 Å². The lowest BCUT2D eigenvalue weighted by Crippen LogP contribution is -2.43. The Bertz CT molecular complexity index is 452. The van der Waals surface area contributed by atoms with Crippen molar-refractivity contribution in [2.24, 2.45) is 11.7 Å². The van der Waals surface area contributed by atoms with Crippen molar-refractivity contribution in [3.8, 4) is 0 Å². The molecule has 0 bridgehead atoms. The minimum atomic E-state index is -2.48. The summed E-state index contributed by atoms with van der Waals surface area (Å²) in [4.78, 5) is 12.0. The number of hydrogen-bond acceptors (Lipinski definition) is 4. The Morgan fingerprint density at radius 3 is 2.81 bits per heavy atom. The van der Waals surface area contributed by atoms with E-state index in [2.05, 4.69) is 10.4 Å². The lowest BCUT2D eigenvalue weighted by atomic mass is 9.92. The second kappa shape index (κ2) is 8.26. The smallest absolute Gasteiger partial charge is 0.257 e. The number of ether oxygens (including phenoxy) is 1. The summed E-state index contributed by atoms with van der Waals surface area (Å²) in [7, 11) is 0. The number of nitrogens with two attached hydrogens (primary N) is 1. The van der Waals surface area contributed by atoms with Gasteiger partial charge in [-0.15, -0.1) is 12.4 Å². The Balaban J connectivity index is 0.00000220. The van der Waals surface area contributed by atoms with Gasteiger partial charge < -0.3 is 15.8 Å². The number of carbonyl (C=O) groups excluding carboxylic acids is 1. The van der Waals surface area contributed by atoms with Crippen molar-refractivity contribution in [3.63, 3.8) is 0 Å². The van der Waals surface area contributed by atoms with Crippen molar-refractivity contribution in [1.29, 1.82) is 0 Å². The van der Waals surface area contributed by atoms with Crippen molar-refractivity contribution >= 4 is 24.0 Å². The van der Waals surface area contributed by atoms with Gasteiger partial charge in [0.25, 0.3) is 6.43 Å². The van der Waals surface area contributed by atoms with Gasteiger partial charge in [-0.25, -0.2) is 8.78 Å². The third-order valence-electron chi connectivity index (χ3n) is 3.30. The Hall–Kier alpha value is -1.25. The first-order valence-electron chi connectivity index (χ1n) is 6.51. The summed E-state index contributed by atoms with van der Waals surface area (Å²) in [6.07, 6.45) is 1.71. The van der Waals surface area contributed by atoms with E-state index in [4.69, 9.17) is 10.5 Å². The molecule has 120 valence electrons. The molecule has 0 spiro atoms. The molecule has 0 aromatic carbocycles. The van der Waals surface area contributed by atoms with E-state index in [-0.39, 0.29) is 24.2 Å². The number of nitrogens with one attached hydrogen (secondary N) is 1. The van der Waals surface area contributed by atoms with Gasteiger partial charge in [-0.2, -0.15) is 5.10 Å². The summed E-state index contributed by atoms with van der Waals surface area (Å²) < 4.78 is 30.7. The molecule has 9 heteroatoms. The molecule has 0 saturated carbocycles. The predicted octanol–water partition coefficient (Wildman–Crippen LogP) is 1.26. The van der Waals surface area contributed by atoms with E-state index in [1.807, 2.05) is 0 Å². The van der Waals surface area contributed by atoms with Crippen molar-refractivity contribution in [2.45, 2.75) is 31.9 Å². The van der Waals surface area contributed by atoms with E-state index >= 15 is 0 Å². The second-order valence-corrected chi connectivity index (χ2v) is 4.81. The largest absolute Gasteiger partial charge is 0.381 e. The van der Waals surface area contributed by atoms with E-state index < -0.39 is 19.0 Å². The Morgan fingerprint density at radius 1 is 1.52 bits per heavy atom. The third kappa shape index (κ3) is 5.22. The molecule has 0 radical (unpaired) electrons. The van der Waals surface area contributed by atoms with Crippen LogP contribution in [-0.4, -0.2) is 41.4 Å². The van der Waals surface area contributed by atoms with Gasteiger partial charge in [0.2, 0.25) is 5.91 Å². The summed E-state index contributed by atoms with van der Waals surface area (Å²) in [5.74, 6) is -0.242. The Labute approximate surface area is 127 Å². The van der Waals surface area contributed by atoms with Gasteiger partial charge in [0.1, 0.15) is 6.54 Å². The van der Waals surface area contributed by atoms with Crippen LogP contribution in [-0.2, 0) is 16.1 Å². The van der Waals surface area contributed by atoms with Gasteiger partial charge in [-0.05, 0) is 18.8 Å². The zero-order valence-corrected chi connectivity index (χ0v) is 12.2. The second-order valence-electron chi connectivity index (χ2n) is 4.81. The fourth-order valence-corrected chi connectivity index (χ4v) is 2.18. The number of alkyl halides is 2. The molecule has 1 fully saturated rings. The number of amides is 1. The maximum Gasteiger partial charge on any atom is 0.257 e. The van der Waals surface area contributed by atoms with Crippen molar-refractivity contribution < 1.29 is 18.3 Å². The lowest BCUT2D eigenvalue weighted by Gasteiger charge is -2.26. The van der Waals surface area contributed by atoms with Gasteiger partial charge in [-0.3, -0.25) is 9.48 Å². The van der Waals surface area contributed by atoms with Crippen LogP contribution < -0.4 is 11.1 Å². The highest BCUT2D eigenvalue weighted by Crippen LogP contribution is 2.18. The molecule has 2 heterocycles. The molecule has 1 saturated heterocycles. The third-order valence-corrected chi connectivity index (χ3v) is 3.30. The van der Waals surface area contributed by atoms with Crippen LogP contribution in [0.5, 0.6) is 0 Å². The highest BCUT2D eigenvalue weighted by Gasteiger charge is 2.26. The first-order valence-corrected chi connectivity index (χ1v) is 6.51. The lowest BCUT2D eigenvalue weighted by molar-refractivity contribution is -0.119. The number of hydrogen-bond donors (Lipinski definition) is 2. The molecule has 1 atom stereocenters. The summed E-state index contributed by atoms with van der Waals surface area (Å²) >= 11 is 0. The molecule has 6 nitrogen and oxygen atoms in total. The highest BCUT2D eigenvalue weighted by atomic mass is 35.5. The van der Waals surface area contributed by atoms with Crippen LogP contribution in [0.25, 0.3) is 0 Å². The minimum absolute atomic E-state index is 0. The van der Waals surface area contributed by atoms with Gasteiger partial charge in [-0.1, -0.05) is 0 Å². The SMILES string of the molecule is Cl.NC(C(=O)Nc1cnn(CC(F)F)c1)C1CCOCC1. The zero-order chi connectivity index (χ0) is 14.5. The monoisotopic (exact) mass is 324 g/mol. The summed E-state index contributed by atoms with van der Waals surface area (Å²) in [5, 5.41) is 6.34. The fraction of sp³-hybridized carbons (Fsp3) is 0.667. The molecule has 0 aliphatic carbocycles. The van der Waals surface area contributed by atoms with Crippen LogP contribution in [0.2, 0.25) is 0 Å². The van der Waals surface area contributed by atoms with Crippen molar-refractivity contribution in [1.82, 2.24) is 9.78 Å². The summed E-state index contributed by atoms with van der Waals surface area (Å²) in [6, 6.07) is -0.627. The Morgan fingerprint density at radius 2 is 2.19 bits per heavy atom. The standard InChI is InChI=1S/C12H18F2N4O2.ClH/c13-10(14)7-18-6-9(5-16-18)17-12(19)11(15)8-1-3-20-4-2-8;/h5-6,8,10-11H,1-4,7,15H2,(H,17,19);1H. The van der Waals surface area contributed by atoms with E-state index in [1.54, 1.807) is 0 Å². The summed E-state index contributed by atoms with van der Waals surface area (Å²) in [6.45, 7) is 0.720. The van der Waals surface area contributed by atoms with E-state index in [1.165, 1.54) is 12.4 Å². The van der Waals surface area contributed by atoms with E-state index in [9.17, 15) is 13.6 Å². The van der Waals surface area contributed by atoms with Crippen LogP contribution in [0.1, 0.15) is 12.8 Å². The van der Waals surface area contributed by atoms with Crippen molar-refractivity contribution in [2.75, 3.05) is 18.5 Å². The molecule has 1 amide bonds. The van der Waals surface area contributed by atoms with Crippen LogP contribution >= 0.6 is 12.4 Å². The molecule has 3 N–H and O–H groups in total. The minimum Gasteiger partial charge on any atom is -0.381 e. The zero-order valence-electron chi connectivity index (χ0n) is 11.4. The molecule has 1 aliphatic rings. The number of aromatic nitrogens is 2. The maximum absolute atomic E-state index is 12.2. The number of rotatable bonds is 5. The first-order chi connectivity index (χ1) is 9.56. The van der Waals surface area contributed by atoms with E-state index in [0.717, 1.165) is 17.5 Å². The topological polar surface area (TPSA) is 82.2 Å². The van der Waals surface area contributed by atoms with Gasteiger partial charge in [0, 0.05) is 19.4 Å². The number of carbonyl (C=O) groups is 1. The van der Waals surface area contributed by atoms with E-state index in [0.29, 0.717) is 18.9 Å². The summed E-state index contributed by atoms with van der Waals surface area (Å²) in [5.41, 5.74) is 6.29. The van der Waals surface area contributed by atoms with Crippen molar-refractivity contribution in [3.05, 3.63) is 12.4 Å². The molecule has 1 aromatic rings. The van der Waals surface area contributed by atoms with Gasteiger partial charge in [0.15, 0.2) is 0 Å². The predicted molar refractivity (Wildman–Crippen MR) is 75.6 cm³/mol. The molecule has 1 aromatic heterocycles. The molecular weight excluding hydrogens is 306 g/mol. The van der Waals surface area contributed by atoms with Crippen LogP contribution in [0, 0.1) is 5.92 Å². The van der Waals surface area contributed by atoms with Gasteiger partial charge in [0.05, 0.1) is 17.9 Å². The van der Waals surface area contributed by atoms with Crippen LogP contribution in [0.4, 0.5) is 14.5 Å². The molecule has 2 rings (SSSR count). The molecule has 21 heavy (non-hydrogen) atoms. The molecule has 1 aliphatic heterocycles. The highest BCUT2D eigenvalue weighted by molar-refractivity contribution is 5.94. The Kier molecular flexibility index (Phi) is 7.00. The first kappa shape index (κ1) is 17.8. The normalized spacial score (nSPS) is 17.3. The average Bonchev–Trinajstić information content (AvgIpc) is 2.85. The quantitative estimate of drug-likeness (QED) is 0.854. The number of halogens is 3. The van der Waals surface area contributed by atoms with Crippen LogP contribution in [0.15, 0.2) is 12.4 Å². The fourth-order valence-electron chi connectivity index (χ4n) is 2.18. The number of anilines is 1. The average molecular weight is 325 g/mol. The molecule has 1 unspecified atom stereocenters. The molecular formula is C12H19ClF2N4O2.